The van der Waals surface area contributed by atoms with Crippen molar-refractivity contribution in [3.05, 3.63) is 60.2 Å². The van der Waals surface area contributed by atoms with E-state index in [0.717, 1.165) is 5.52 Å². The zero-order valence-corrected chi connectivity index (χ0v) is 14.2. The van der Waals surface area contributed by atoms with Crippen LogP contribution in [0.3, 0.4) is 0 Å². The van der Waals surface area contributed by atoms with E-state index < -0.39 is 11.7 Å². The number of aryl methyl sites for hydroxylation is 1. The number of amides is 2. The highest BCUT2D eigenvalue weighted by Crippen LogP contribution is 2.16. The van der Waals surface area contributed by atoms with Gasteiger partial charge in [-0.2, -0.15) is 0 Å². The second-order valence-corrected chi connectivity index (χ2v) is 5.88. The Hall–Kier alpha value is -3.22. The van der Waals surface area contributed by atoms with Gasteiger partial charge in [-0.05, 0) is 30.3 Å². The van der Waals surface area contributed by atoms with E-state index in [1.807, 2.05) is 24.3 Å². The van der Waals surface area contributed by atoms with Gasteiger partial charge in [0.05, 0.1) is 6.54 Å². The summed E-state index contributed by atoms with van der Waals surface area (Å²) >= 11 is 0. The van der Waals surface area contributed by atoms with Crippen LogP contribution in [0, 0.1) is 5.82 Å². The highest BCUT2D eigenvalue weighted by atomic mass is 19.1. The van der Waals surface area contributed by atoms with Crippen LogP contribution >= 0.6 is 0 Å². The molecule has 0 aliphatic carbocycles. The molecule has 0 spiro atoms. The molecule has 0 bridgehead atoms. The number of hydrogen-bond acceptors (Lipinski definition) is 4. The monoisotopic (exact) mass is 355 g/mol. The fraction of sp³-hybridized carbons (Fsp3) is 0.211. The molecule has 0 unspecified atom stereocenters. The molecule has 0 atom stereocenters. The van der Waals surface area contributed by atoms with Gasteiger partial charge in [-0.3, -0.25) is 9.59 Å². The molecule has 1 heterocycles. The largest absolute Gasteiger partial charge is 0.441 e. The van der Waals surface area contributed by atoms with E-state index >= 15 is 0 Å². The number of fused-ring (bicyclic) bond motifs is 1. The Morgan fingerprint density at radius 1 is 1.19 bits per heavy atom. The quantitative estimate of drug-likeness (QED) is 0.738. The molecule has 0 saturated heterocycles. The van der Waals surface area contributed by atoms with Gasteiger partial charge >= 0.3 is 0 Å². The average Bonchev–Trinajstić information content (AvgIpc) is 3.02. The lowest BCUT2D eigenvalue weighted by atomic mass is 10.2. The molecular formula is C19H18FN3O3. The topological polar surface area (TPSA) is 75.4 Å². The normalized spacial score (nSPS) is 10.7. The van der Waals surface area contributed by atoms with Crippen molar-refractivity contribution in [1.82, 2.24) is 9.88 Å². The Balaban J connectivity index is 1.50. The van der Waals surface area contributed by atoms with Crippen molar-refractivity contribution >= 4 is 28.6 Å². The Kier molecular flexibility index (Phi) is 5.26. The molecule has 7 heteroatoms. The Morgan fingerprint density at radius 2 is 2.00 bits per heavy atom. The van der Waals surface area contributed by atoms with Gasteiger partial charge in [-0.15, -0.1) is 0 Å². The standard InChI is InChI=1S/C19H18FN3O3/c1-23(12-17(24)21-14-6-4-5-13(20)11-14)19(25)10-9-18-22-15-7-2-3-8-16(15)26-18/h2-8,11H,9-10,12H2,1H3,(H,21,24). The van der Waals surface area contributed by atoms with Gasteiger partial charge in [0.1, 0.15) is 11.3 Å². The summed E-state index contributed by atoms with van der Waals surface area (Å²) < 4.78 is 18.7. The maximum atomic E-state index is 13.1. The summed E-state index contributed by atoms with van der Waals surface area (Å²) in [6, 6.07) is 13.0. The van der Waals surface area contributed by atoms with E-state index in [1.165, 1.54) is 23.1 Å². The third-order valence-electron chi connectivity index (χ3n) is 3.81. The minimum atomic E-state index is -0.439. The smallest absolute Gasteiger partial charge is 0.243 e. The first-order chi connectivity index (χ1) is 12.5. The van der Waals surface area contributed by atoms with Crippen LogP contribution in [0.1, 0.15) is 12.3 Å². The van der Waals surface area contributed by atoms with Crippen molar-refractivity contribution in [2.75, 3.05) is 18.9 Å². The number of carbonyl (C=O) groups excluding carboxylic acids is 2. The molecule has 26 heavy (non-hydrogen) atoms. The number of oxazole rings is 1. The minimum absolute atomic E-state index is 0.122. The lowest BCUT2D eigenvalue weighted by molar-refractivity contribution is -0.133. The second kappa shape index (κ2) is 7.77. The number of rotatable bonds is 6. The predicted octanol–water partition coefficient (Wildman–Crippen LogP) is 3.00. The van der Waals surface area contributed by atoms with Gasteiger partial charge in [-0.25, -0.2) is 9.37 Å². The minimum Gasteiger partial charge on any atom is -0.441 e. The van der Waals surface area contributed by atoms with Crippen LogP contribution in [0.2, 0.25) is 0 Å². The van der Waals surface area contributed by atoms with E-state index in [2.05, 4.69) is 10.3 Å². The average molecular weight is 355 g/mol. The van der Waals surface area contributed by atoms with E-state index in [1.54, 1.807) is 13.1 Å². The number of benzene rings is 2. The Morgan fingerprint density at radius 3 is 2.77 bits per heavy atom. The maximum Gasteiger partial charge on any atom is 0.243 e. The molecular weight excluding hydrogens is 337 g/mol. The number of para-hydroxylation sites is 2. The van der Waals surface area contributed by atoms with Gasteiger partial charge in [0.15, 0.2) is 11.5 Å². The maximum absolute atomic E-state index is 13.1. The number of hydrogen-bond donors (Lipinski definition) is 1. The van der Waals surface area contributed by atoms with E-state index in [-0.39, 0.29) is 18.9 Å². The zero-order chi connectivity index (χ0) is 18.5. The first-order valence-corrected chi connectivity index (χ1v) is 8.15. The lowest BCUT2D eigenvalue weighted by Gasteiger charge is -2.16. The van der Waals surface area contributed by atoms with Crippen molar-refractivity contribution < 1.29 is 18.4 Å². The fourth-order valence-corrected chi connectivity index (χ4v) is 2.50. The van der Waals surface area contributed by atoms with E-state index in [9.17, 15) is 14.0 Å². The Bertz CT molecular complexity index is 905. The summed E-state index contributed by atoms with van der Waals surface area (Å²) in [5, 5.41) is 2.56. The van der Waals surface area contributed by atoms with Crippen molar-refractivity contribution in [1.29, 1.82) is 0 Å². The summed E-state index contributed by atoms with van der Waals surface area (Å²) in [5.41, 5.74) is 1.78. The molecule has 0 radical (unpaired) electrons. The van der Waals surface area contributed by atoms with E-state index in [0.29, 0.717) is 23.6 Å². The molecule has 134 valence electrons. The molecule has 1 N–H and O–H groups in total. The van der Waals surface area contributed by atoms with Crippen LogP contribution in [0.15, 0.2) is 52.9 Å². The SMILES string of the molecule is CN(CC(=O)Nc1cccc(F)c1)C(=O)CCc1nc2ccccc2o1. The number of anilines is 1. The van der Waals surface area contributed by atoms with Gasteiger partial charge in [0.2, 0.25) is 11.8 Å². The van der Waals surface area contributed by atoms with Gasteiger partial charge in [-0.1, -0.05) is 18.2 Å². The van der Waals surface area contributed by atoms with Crippen LogP contribution in [-0.4, -0.2) is 35.3 Å². The third kappa shape index (κ3) is 4.44. The van der Waals surface area contributed by atoms with Crippen LogP contribution in [0.25, 0.3) is 11.1 Å². The van der Waals surface area contributed by atoms with Gasteiger partial charge < -0.3 is 14.6 Å². The summed E-state index contributed by atoms with van der Waals surface area (Å²) in [5.74, 6) is -0.558. The molecule has 2 aromatic carbocycles. The number of halogens is 1. The molecule has 0 aliphatic heterocycles. The number of nitrogens with zero attached hydrogens (tertiary/aromatic N) is 2. The molecule has 0 fully saturated rings. The summed E-state index contributed by atoms with van der Waals surface area (Å²) in [6.45, 7) is -0.122. The van der Waals surface area contributed by atoms with Crippen molar-refractivity contribution in [2.24, 2.45) is 0 Å². The first kappa shape index (κ1) is 17.6. The van der Waals surface area contributed by atoms with Crippen LogP contribution in [0.4, 0.5) is 10.1 Å². The summed E-state index contributed by atoms with van der Waals surface area (Å²) in [6.07, 6.45) is 0.528. The summed E-state index contributed by atoms with van der Waals surface area (Å²) in [7, 11) is 1.54. The fourth-order valence-electron chi connectivity index (χ4n) is 2.50. The van der Waals surface area contributed by atoms with Gasteiger partial charge in [0.25, 0.3) is 0 Å². The van der Waals surface area contributed by atoms with Crippen molar-refractivity contribution in [2.45, 2.75) is 12.8 Å². The van der Waals surface area contributed by atoms with E-state index in [4.69, 9.17) is 4.42 Å². The van der Waals surface area contributed by atoms with Gasteiger partial charge in [0, 0.05) is 25.6 Å². The lowest BCUT2D eigenvalue weighted by Crippen LogP contribution is -2.35. The second-order valence-electron chi connectivity index (χ2n) is 5.88. The molecule has 3 rings (SSSR count). The molecule has 0 saturated carbocycles. The van der Waals surface area contributed by atoms with Crippen LogP contribution < -0.4 is 5.32 Å². The summed E-state index contributed by atoms with van der Waals surface area (Å²) in [4.78, 5) is 29.8. The number of aromatic nitrogens is 1. The molecule has 2 amide bonds. The highest BCUT2D eigenvalue weighted by Gasteiger charge is 2.15. The molecule has 0 aliphatic rings. The van der Waals surface area contributed by atoms with Crippen LogP contribution in [-0.2, 0) is 16.0 Å². The molecule has 1 aromatic heterocycles. The number of carbonyl (C=O) groups is 2. The number of likely N-dealkylation sites (N-methyl/N-ethyl adjacent to an activating group) is 1. The van der Waals surface area contributed by atoms with Crippen LogP contribution in [0.5, 0.6) is 0 Å². The first-order valence-electron chi connectivity index (χ1n) is 8.15. The van der Waals surface area contributed by atoms with Crippen molar-refractivity contribution in [3.63, 3.8) is 0 Å². The number of nitrogens with one attached hydrogen (secondary N) is 1. The molecule has 3 aromatic rings. The third-order valence-corrected chi connectivity index (χ3v) is 3.81. The van der Waals surface area contributed by atoms with Crippen molar-refractivity contribution in [3.8, 4) is 0 Å². The molecule has 6 nitrogen and oxygen atoms in total. The predicted molar refractivity (Wildman–Crippen MR) is 95.0 cm³/mol. The Labute approximate surface area is 149 Å². The zero-order valence-electron chi connectivity index (χ0n) is 14.2. The highest BCUT2D eigenvalue weighted by molar-refractivity contribution is 5.94.